The Labute approximate surface area is 160 Å². The number of anilines is 1. The number of thiazole rings is 1. The van der Waals surface area contributed by atoms with Crippen molar-refractivity contribution in [2.45, 2.75) is 13.0 Å². The molecule has 9 heteroatoms. The number of ether oxygens (including phenoxy) is 1. The van der Waals surface area contributed by atoms with E-state index in [-0.39, 0.29) is 16.8 Å². The second-order valence-corrected chi connectivity index (χ2v) is 7.49. The van der Waals surface area contributed by atoms with E-state index in [0.29, 0.717) is 24.0 Å². The summed E-state index contributed by atoms with van der Waals surface area (Å²) in [5.74, 6) is 0.288. The number of nitrogens with zero attached hydrogens (tertiary/aromatic N) is 4. The zero-order chi connectivity index (χ0) is 18.8. The van der Waals surface area contributed by atoms with E-state index in [9.17, 15) is 10.1 Å². The van der Waals surface area contributed by atoms with Crippen LogP contribution >= 0.6 is 11.3 Å². The van der Waals surface area contributed by atoms with E-state index in [4.69, 9.17) is 4.74 Å². The van der Waals surface area contributed by atoms with Gasteiger partial charge in [-0.2, -0.15) is 9.38 Å². The molecule has 1 aromatic carbocycles. The van der Waals surface area contributed by atoms with Gasteiger partial charge in [0.15, 0.2) is 0 Å². The highest BCUT2D eigenvalue weighted by Crippen LogP contribution is 2.31. The molecule has 0 saturated carbocycles. The number of imidazole rings is 1. The smallest absolute Gasteiger partial charge is 0.372 e. The van der Waals surface area contributed by atoms with Gasteiger partial charge in [-0.3, -0.25) is 4.90 Å². The molecule has 4 rings (SSSR count). The van der Waals surface area contributed by atoms with E-state index >= 15 is 0 Å². The summed E-state index contributed by atoms with van der Waals surface area (Å²) in [4.78, 5) is 18.6. The highest BCUT2D eigenvalue weighted by Gasteiger charge is 2.27. The van der Waals surface area contributed by atoms with Crippen LogP contribution in [0.1, 0.15) is 17.2 Å². The third-order valence-electron chi connectivity index (χ3n) is 4.74. The van der Waals surface area contributed by atoms with Crippen LogP contribution in [0, 0.1) is 17.0 Å². The lowest BCUT2D eigenvalue weighted by molar-refractivity contribution is -0.389. The highest BCUT2D eigenvalue weighted by atomic mass is 32.1. The normalized spacial score (nSPS) is 16.5. The average Bonchev–Trinajstić information content (AvgIpc) is 3.23. The minimum atomic E-state index is -0.379. The molecule has 1 aliphatic rings. The van der Waals surface area contributed by atoms with Crippen LogP contribution in [0.15, 0.2) is 35.8 Å². The van der Waals surface area contributed by atoms with Crippen molar-refractivity contribution in [3.8, 4) is 0 Å². The average molecular weight is 387 g/mol. The molecule has 8 nitrogen and oxygen atoms in total. The van der Waals surface area contributed by atoms with Crippen molar-refractivity contribution in [3.63, 3.8) is 0 Å². The van der Waals surface area contributed by atoms with Crippen LogP contribution in [0.2, 0.25) is 0 Å². The summed E-state index contributed by atoms with van der Waals surface area (Å²) in [5.41, 5.74) is 2.26. The number of aryl methyl sites for hydroxylation is 1. The third kappa shape index (κ3) is 3.80. The largest absolute Gasteiger partial charge is 0.379 e. The summed E-state index contributed by atoms with van der Waals surface area (Å²) in [7, 11) is 0. The molecule has 1 unspecified atom stereocenters. The number of nitrogens with one attached hydrogen (secondary N) is 1. The van der Waals surface area contributed by atoms with Crippen LogP contribution in [0.25, 0.3) is 4.96 Å². The molecule has 1 atom stereocenters. The lowest BCUT2D eigenvalue weighted by Gasteiger charge is -2.31. The predicted octanol–water partition coefficient (Wildman–Crippen LogP) is 3.10. The van der Waals surface area contributed by atoms with Crippen molar-refractivity contribution in [1.82, 2.24) is 14.3 Å². The van der Waals surface area contributed by atoms with Crippen LogP contribution < -0.4 is 5.32 Å². The number of hydrogen-bond acceptors (Lipinski definition) is 7. The maximum Gasteiger partial charge on any atom is 0.372 e. The maximum atomic E-state index is 11.6. The highest BCUT2D eigenvalue weighted by molar-refractivity contribution is 7.15. The van der Waals surface area contributed by atoms with Crippen molar-refractivity contribution in [1.29, 1.82) is 0 Å². The van der Waals surface area contributed by atoms with E-state index in [1.807, 2.05) is 6.92 Å². The van der Waals surface area contributed by atoms with Gasteiger partial charge in [-0.05, 0) is 17.4 Å². The van der Waals surface area contributed by atoms with Crippen LogP contribution in [-0.4, -0.2) is 52.1 Å². The standard InChI is InChI=1S/C18H21N5O3S/c1-13-2-4-14(5-3-13)15(12-21-6-9-26-10-7-21)19-16-17(23(24)25)22-8-11-27-18(22)20-16/h2-5,8,11,15,19H,6-7,9-10,12H2,1H3. The zero-order valence-electron chi connectivity index (χ0n) is 15.0. The molecular weight excluding hydrogens is 366 g/mol. The fourth-order valence-corrected chi connectivity index (χ4v) is 3.99. The van der Waals surface area contributed by atoms with E-state index in [1.54, 1.807) is 11.6 Å². The molecule has 1 N–H and O–H groups in total. The van der Waals surface area contributed by atoms with Crippen molar-refractivity contribution in [3.05, 3.63) is 57.1 Å². The van der Waals surface area contributed by atoms with Crippen molar-refractivity contribution >= 4 is 27.9 Å². The van der Waals surface area contributed by atoms with Gasteiger partial charge >= 0.3 is 5.82 Å². The Morgan fingerprint density at radius 3 is 2.78 bits per heavy atom. The molecule has 0 bridgehead atoms. The molecule has 1 aliphatic heterocycles. The Hall–Kier alpha value is -2.49. The number of aromatic nitrogens is 2. The lowest BCUT2D eigenvalue weighted by atomic mass is 10.0. The molecule has 3 aromatic rings. The van der Waals surface area contributed by atoms with Crippen molar-refractivity contribution in [2.75, 3.05) is 38.2 Å². The first-order valence-corrected chi connectivity index (χ1v) is 9.73. The maximum absolute atomic E-state index is 11.6. The molecule has 0 amide bonds. The van der Waals surface area contributed by atoms with E-state index in [1.165, 1.54) is 21.3 Å². The van der Waals surface area contributed by atoms with Gasteiger partial charge < -0.3 is 20.2 Å². The summed E-state index contributed by atoms with van der Waals surface area (Å²) in [6.07, 6.45) is 1.68. The van der Waals surface area contributed by atoms with Gasteiger partial charge in [-0.25, -0.2) is 0 Å². The monoisotopic (exact) mass is 387 g/mol. The molecule has 0 aliphatic carbocycles. The van der Waals surface area contributed by atoms with Gasteiger partial charge in [0.05, 0.1) is 19.3 Å². The summed E-state index contributed by atoms with van der Waals surface area (Å²) in [6, 6.07) is 8.15. The second-order valence-electron chi connectivity index (χ2n) is 6.62. The number of benzene rings is 1. The topological polar surface area (TPSA) is 84.9 Å². The van der Waals surface area contributed by atoms with Gasteiger partial charge in [0.2, 0.25) is 5.82 Å². The summed E-state index contributed by atoms with van der Waals surface area (Å²) < 4.78 is 6.96. The Morgan fingerprint density at radius 2 is 2.07 bits per heavy atom. The van der Waals surface area contributed by atoms with Crippen LogP contribution in [0.5, 0.6) is 0 Å². The quantitative estimate of drug-likeness (QED) is 0.517. The van der Waals surface area contributed by atoms with E-state index in [0.717, 1.165) is 25.2 Å². The molecule has 1 saturated heterocycles. The second kappa shape index (κ2) is 7.63. The number of hydrogen-bond donors (Lipinski definition) is 1. The summed E-state index contributed by atoms with van der Waals surface area (Å²) >= 11 is 1.38. The minimum absolute atomic E-state index is 0.0228. The molecule has 27 heavy (non-hydrogen) atoms. The fourth-order valence-electron chi connectivity index (χ4n) is 3.29. The molecule has 1 fully saturated rings. The first kappa shape index (κ1) is 17.9. The van der Waals surface area contributed by atoms with Gasteiger partial charge in [0.1, 0.15) is 6.20 Å². The van der Waals surface area contributed by atoms with E-state index in [2.05, 4.69) is 39.5 Å². The van der Waals surface area contributed by atoms with Crippen LogP contribution in [0.4, 0.5) is 11.6 Å². The first-order chi connectivity index (χ1) is 13.1. The number of rotatable bonds is 6. The van der Waals surface area contributed by atoms with Crippen molar-refractivity contribution in [2.24, 2.45) is 0 Å². The Bertz CT molecular complexity index is 930. The summed E-state index contributed by atoms with van der Waals surface area (Å²) in [5, 5.41) is 16.8. The first-order valence-electron chi connectivity index (χ1n) is 8.85. The third-order valence-corrected chi connectivity index (χ3v) is 5.50. The number of morpholine rings is 1. The Kier molecular flexibility index (Phi) is 5.06. The zero-order valence-corrected chi connectivity index (χ0v) is 15.8. The number of fused-ring (bicyclic) bond motifs is 1. The van der Waals surface area contributed by atoms with Crippen molar-refractivity contribution < 1.29 is 9.66 Å². The summed E-state index contributed by atoms with van der Waals surface area (Å²) in [6.45, 7) is 5.90. The SMILES string of the molecule is Cc1ccc(C(CN2CCOCC2)Nc2nc3sccn3c2[N+](=O)[O-])cc1. The van der Waals surface area contributed by atoms with Gasteiger partial charge in [0, 0.05) is 25.0 Å². The lowest BCUT2D eigenvalue weighted by Crippen LogP contribution is -2.40. The van der Waals surface area contributed by atoms with E-state index < -0.39 is 0 Å². The molecule has 3 heterocycles. The molecule has 142 valence electrons. The molecular formula is C18H21N5O3S. The van der Waals surface area contributed by atoms with Gasteiger partial charge in [0.25, 0.3) is 4.96 Å². The molecule has 0 radical (unpaired) electrons. The van der Waals surface area contributed by atoms with Gasteiger partial charge in [-0.15, -0.1) is 0 Å². The Morgan fingerprint density at radius 1 is 1.33 bits per heavy atom. The van der Waals surface area contributed by atoms with Crippen LogP contribution in [-0.2, 0) is 4.74 Å². The molecule has 2 aromatic heterocycles. The van der Waals surface area contributed by atoms with Gasteiger partial charge in [-0.1, -0.05) is 41.2 Å². The Balaban J connectivity index is 1.66. The van der Waals surface area contributed by atoms with Crippen LogP contribution in [0.3, 0.4) is 0 Å². The molecule has 0 spiro atoms. The fraction of sp³-hybridized carbons (Fsp3) is 0.389. The predicted molar refractivity (Wildman–Crippen MR) is 105 cm³/mol. The minimum Gasteiger partial charge on any atom is -0.379 e. The number of nitro groups is 1.